The molecular formula is C18H21ClN2. The van der Waals surface area contributed by atoms with Crippen LogP contribution in [-0.2, 0) is 6.42 Å². The predicted molar refractivity (Wildman–Crippen MR) is 92.1 cm³/mol. The van der Waals surface area contributed by atoms with Gasteiger partial charge in [0.1, 0.15) is 0 Å². The zero-order chi connectivity index (χ0) is 13.8. The number of halogens is 1. The summed E-state index contributed by atoms with van der Waals surface area (Å²) >= 11 is 0. The summed E-state index contributed by atoms with van der Waals surface area (Å²) in [6.45, 7) is 3.20. The van der Waals surface area contributed by atoms with E-state index in [-0.39, 0.29) is 12.4 Å². The molecule has 0 spiro atoms. The Labute approximate surface area is 132 Å². The van der Waals surface area contributed by atoms with Crippen molar-refractivity contribution in [1.82, 2.24) is 10.3 Å². The number of benzene rings is 2. The van der Waals surface area contributed by atoms with Gasteiger partial charge in [-0.3, -0.25) is 0 Å². The molecule has 2 aromatic carbocycles. The zero-order valence-electron chi connectivity index (χ0n) is 12.2. The van der Waals surface area contributed by atoms with Gasteiger partial charge in [-0.2, -0.15) is 0 Å². The van der Waals surface area contributed by atoms with Gasteiger partial charge in [0.05, 0.1) is 0 Å². The molecule has 0 bridgehead atoms. The van der Waals surface area contributed by atoms with E-state index in [9.17, 15) is 0 Å². The molecule has 1 heterocycles. The van der Waals surface area contributed by atoms with Crippen molar-refractivity contribution >= 4 is 23.3 Å². The summed E-state index contributed by atoms with van der Waals surface area (Å²) < 4.78 is 0. The third kappa shape index (κ3) is 3.66. The molecule has 0 saturated heterocycles. The van der Waals surface area contributed by atoms with E-state index in [2.05, 4.69) is 78.0 Å². The Morgan fingerprint density at radius 2 is 1.71 bits per heavy atom. The van der Waals surface area contributed by atoms with Crippen LogP contribution in [0.1, 0.15) is 24.1 Å². The van der Waals surface area contributed by atoms with Crippen LogP contribution in [0.5, 0.6) is 0 Å². The summed E-state index contributed by atoms with van der Waals surface area (Å²) in [5, 5.41) is 4.92. The highest BCUT2D eigenvalue weighted by molar-refractivity contribution is 5.85. The largest absolute Gasteiger partial charge is 0.361 e. The van der Waals surface area contributed by atoms with E-state index in [1.54, 1.807) is 0 Å². The van der Waals surface area contributed by atoms with E-state index in [4.69, 9.17) is 0 Å². The van der Waals surface area contributed by atoms with Crippen molar-refractivity contribution in [3.05, 3.63) is 71.9 Å². The minimum atomic E-state index is 0. The van der Waals surface area contributed by atoms with E-state index in [1.165, 1.54) is 22.0 Å². The van der Waals surface area contributed by atoms with Gasteiger partial charge < -0.3 is 10.3 Å². The highest BCUT2D eigenvalue weighted by Gasteiger charge is 2.05. The van der Waals surface area contributed by atoms with E-state index in [0.717, 1.165) is 13.0 Å². The fourth-order valence-electron chi connectivity index (χ4n) is 2.62. The molecule has 0 aliphatic heterocycles. The summed E-state index contributed by atoms with van der Waals surface area (Å²) in [6.07, 6.45) is 3.17. The topological polar surface area (TPSA) is 27.8 Å². The highest BCUT2D eigenvalue weighted by Crippen LogP contribution is 2.18. The van der Waals surface area contributed by atoms with Gasteiger partial charge in [-0.1, -0.05) is 48.5 Å². The first-order chi connectivity index (χ1) is 9.84. The second-order valence-corrected chi connectivity index (χ2v) is 5.20. The lowest BCUT2D eigenvalue weighted by Gasteiger charge is -2.13. The predicted octanol–water partition coefficient (Wildman–Crippen LogP) is 4.48. The summed E-state index contributed by atoms with van der Waals surface area (Å²) in [7, 11) is 0. The number of H-pyrrole nitrogens is 1. The first-order valence-corrected chi connectivity index (χ1v) is 7.18. The lowest BCUT2D eigenvalue weighted by Crippen LogP contribution is -2.21. The molecular weight excluding hydrogens is 280 g/mol. The molecule has 1 atom stereocenters. The van der Waals surface area contributed by atoms with Gasteiger partial charge in [-0.25, -0.2) is 0 Å². The van der Waals surface area contributed by atoms with Crippen LogP contribution in [0.15, 0.2) is 60.8 Å². The van der Waals surface area contributed by atoms with E-state index in [1.807, 2.05) is 0 Å². The van der Waals surface area contributed by atoms with Crippen molar-refractivity contribution in [3.8, 4) is 0 Å². The van der Waals surface area contributed by atoms with Crippen LogP contribution < -0.4 is 5.32 Å². The maximum absolute atomic E-state index is 3.59. The minimum absolute atomic E-state index is 0. The third-order valence-corrected chi connectivity index (χ3v) is 3.82. The first-order valence-electron chi connectivity index (χ1n) is 7.18. The molecule has 1 aromatic heterocycles. The third-order valence-electron chi connectivity index (χ3n) is 3.82. The zero-order valence-corrected chi connectivity index (χ0v) is 13.0. The summed E-state index contributed by atoms with van der Waals surface area (Å²) in [6, 6.07) is 19.4. The van der Waals surface area contributed by atoms with Crippen molar-refractivity contribution in [2.45, 2.75) is 19.4 Å². The average molecular weight is 301 g/mol. The van der Waals surface area contributed by atoms with Crippen LogP contribution >= 0.6 is 12.4 Å². The molecule has 3 aromatic rings. The smallest absolute Gasteiger partial charge is 0.0456 e. The van der Waals surface area contributed by atoms with Crippen molar-refractivity contribution in [3.63, 3.8) is 0 Å². The van der Waals surface area contributed by atoms with Crippen molar-refractivity contribution in [2.24, 2.45) is 0 Å². The molecule has 0 aliphatic carbocycles. The van der Waals surface area contributed by atoms with Gasteiger partial charge in [-0.15, -0.1) is 12.4 Å². The normalized spacial score (nSPS) is 12.0. The summed E-state index contributed by atoms with van der Waals surface area (Å²) in [5.74, 6) is 0. The maximum atomic E-state index is 3.59. The molecule has 2 nitrogen and oxygen atoms in total. The first kappa shape index (κ1) is 15.6. The SMILES string of the molecule is CC(NCCc1c[nH]c2ccccc12)c1ccccc1.Cl. The van der Waals surface area contributed by atoms with Gasteiger partial charge in [0.15, 0.2) is 0 Å². The van der Waals surface area contributed by atoms with E-state index < -0.39 is 0 Å². The Hall–Kier alpha value is -1.77. The van der Waals surface area contributed by atoms with Crippen LogP contribution in [0.25, 0.3) is 10.9 Å². The van der Waals surface area contributed by atoms with Crippen LogP contribution in [0, 0.1) is 0 Å². The van der Waals surface area contributed by atoms with Crippen molar-refractivity contribution in [1.29, 1.82) is 0 Å². The fourth-order valence-corrected chi connectivity index (χ4v) is 2.62. The van der Waals surface area contributed by atoms with Crippen molar-refractivity contribution < 1.29 is 0 Å². The molecule has 0 saturated carbocycles. The molecule has 2 N–H and O–H groups in total. The van der Waals surface area contributed by atoms with Gasteiger partial charge in [0.25, 0.3) is 0 Å². The Bertz CT molecular complexity index is 676. The second kappa shape index (κ2) is 7.30. The lowest BCUT2D eigenvalue weighted by molar-refractivity contribution is 0.577. The molecule has 0 fully saturated rings. The lowest BCUT2D eigenvalue weighted by atomic mass is 10.1. The van der Waals surface area contributed by atoms with E-state index in [0.29, 0.717) is 6.04 Å². The average Bonchev–Trinajstić information content (AvgIpc) is 2.92. The Morgan fingerprint density at radius 1 is 1.00 bits per heavy atom. The molecule has 0 radical (unpaired) electrons. The number of aromatic amines is 1. The van der Waals surface area contributed by atoms with Crippen LogP contribution in [0.4, 0.5) is 0 Å². The molecule has 0 aliphatic rings. The highest BCUT2D eigenvalue weighted by atomic mass is 35.5. The summed E-state index contributed by atoms with van der Waals surface area (Å²) in [5.41, 5.74) is 3.94. The number of hydrogen-bond acceptors (Lipinski definition) is 1. The van der Waals surface area contributed by atoms with Gasteiger partial charge >= 0.3 is 0 Å². The second-order valence-electron chi connectivity index (χ2n) is 5.20. The fraction of sp³-hybridized carbons (Fsp3) is 0.222. The number of fused-ring (bicyclic) bond motifs is 1. The number of nitrogens with one attached hydrogen (secondary N) is 2. The Kier molecular flexibility index (Phi) is 5.43. The standard InChI is InChI=1S/C18H20N2.ClH/c1-14(15-7-3-2-4-8-15)19-12-11-16-13-20-18-10-6-5-9-17(16)18;/h2-10,13-14,19-20H,11-12H2,1H3;1H. The molecule has 3 heteroatoms. The number of para-hydroxylation sites is 1. The number of aromatic nitrogens is 1. The molecule has 0 amide bonds. The van der Waals surface area contributed by atoms with E-state index >= 15 is 0 Å². The van der Waals surface area contributed by atoms with Gasteiger partial charge in [-0.05, 0) is 37.1 Å². The molecule has 110 valence electrons. The molecule has 21 heavy (non-hydrogen) atoms. The maximum Gasteiger partial charge on any atom is 0.0456 e. The number of rotatable bonds is 5. The van der Waals surface area contributed by atoms with Crippen LogP contribution in [-0.4, -0.2) is 11.5 Å². The molecule has 3 rings (SSSR count). The minimum Gasteiger partial charge on any atom is -0.361 e. The Balaban J connectivity index is 0.00000161. The van der Waals surface area contributed by atoms with Crippen LogP contribution in [0.2, 0.25) is 0 Å². The number of hydrogen-bond donors (Lipinski definition) is 2. The quantitative estimate of drug-likeness (QED) is 0.714. The van der Waals surface area contributed by atoms with Crippen molar-refractivity contribution in [2.75, 3.05) is 6.54 Å². The Morgan fingerprint density at radius 3 is 2.52 bits per heavy atom. The monoisotopic (exact) mass is 300 g/mol. The summed E-state index contributed by atoms with van der Waals surface area (Å²) in [4.78, 5) is 3.33. The van der Waals surface area contributed by atoms with Gasteiger partial charge in [0, 0.05) is 23.1 Å². The molecule has 1 unspecified atom stereocenters. The van der Waals surface area contributed by atoms with Gasteiger partial charge in [0.2, 0.25) is 0 Å². The van der Waals surface area contributed by atoms with Crippen LogP contribution in [0.3, 0.4) is 0 Å².